The van der Waals surface area contributed by atoms with Gasteiger partial charge < -0.3 is 5.32 Å². The van der Waals surface area contributed by atoms with Gasteiger partial charge in [-0.1, -0.05) is 135 Å². The molecule has 0 saturated heterocycles. The van der Waals surface area contributed by atoms with Gasteiger partial charge in [-0.15, -0.1) is 0 Å². The molecule has 1 heterocycles. The summed E-state index contributed by atoms with van der Waals surface area (Å²) in [4.78, 5) is 0. The molecule has 0 fully saturated rings. The molecule has 0 spiro atoms. The first-order chi connectivity index (χ1) is 19.5. The standard InChI is InChI=1S/C38H30N2/c1-38(2)32-20-12-11-19-30(32)31-22-21-28(23-33(31)38)35(36(39)26-15-7-4-8-16-26)37-29-18-10-9-17-27(29)24-34(40-37)25-13-5-3-6-14-25/h3-24,39-40H,1-2H3/b37-35-,39-36?. The van der Waals surface area contributed by atoms with Crippen LogP contribution < -0.4 is 5.32 Å². The topological polar surface area (TPSA) is 35.9 Å². The minimum atomic E-state index is -0.125. The SMILES string of the molecule is CC1(C)c2ccccc2-c2ccc(/C(C(=N)c3ccccc3)=C3/NC(c4ccccc4)=Cc4ccccc43)cc21. The van der Waals surface area contributed by atoms with Crippen molar-refractivity contribution in [3.8, 4) is 11.1 Å². The molecule has 5 aromatic rings. The molecular weight excluding hydrogens is 484 g/mol. The van der Waals surface area contributed by atoms with E-state index in [1.54, 1.807) is 0 Å². The second kappa shape index (κ2) is 9.36. The Kier molecular flexibility index (Phi) is 5.64. The third kappa shape index (κ3) is 3.84. The minimum absolute atomic E-state index is 0.125. The number of hydrogen-bond donors (Lipinski definition) is 2. The summed E-state index contributed by atoms with van der Waals surface area (Å²) in [5.74, 6) is 0. The Hall–Kier alpha value is -4.95. The van der Waals surface area contributed by atoms with Crippen molar-refractivity contribution in [2.24, 2.45) is 0 Å². The fraction of sp³-hybridized carbons (Fsp3) is 0.0789. The maximum atomic E-state index is 9.58. The van der Waals surface area contributed by atoms with Crippen molar-refractivity contribution in [3.05, 3.63) is 166 Å². The number of rotatable bonds is 4. The molecule has 0 bridgehead atoms. The van der Waals surface area contributed by atoms with Gasteiger partial charge in [0.2, 0.25) is 0 Å². The average molecular weight is 515 g/mol. The fourth-order valence-electron chi connectivity index (χ4n) is 6.24. The van der Waals surface area contributed by atoms with E-state index in [9.17, 15) is 5.41 Å². The third-order valence-electron chi connectivity index (χ3n) is 8.31. The first kappa shape index (κ1) is 24.1. The molecule has 192 valence electrons. The second-order valence-electron chi connectivity index (χ2n) is 11.1. The van der Waals surface area contributed by atoms with Gasteiger partial charge in [0.05, 0.1) is 11.4 Å². The molecule has 40 heavy (non-hydrogen) atoms. The quantitative estimate of drug-likeness (QED) is 0.231. The molecule has 2 N–H and O–H groups in total. The Labute approximate surface area is 235 Å². The molecule has 1 aliphatic heterocycles. The predicted octanol–water partition coefficient (Wildman–Crippen LogP) is 9.03. The van der Waals surface area contributed by atoms with Gasteiger partial charge in [0, 0.05) is 27.8 Å². The molecule has 5 aromatic carbocycles. The average Bonchev–Trinajstić information content (AvgIpc) is 3.24. The lowest BCUT2D eigenvalue weighted by atomic mass is 9.80. The van der Waals surface area contributed by atoms with Gasteiger partial charge in [0.25, 0.3) is 0 Å². The zero-order valence-corrected chi connectivity index (χ0v) is 22.7. The smallest absolute Gasteiger partial charge is 0.0711 e. The largest absolute Gasteiger partial charge is 0.354 e. The monoisotopic (exact) mass is 514 g/mol. The molecule has 0 amide bonds. The lowest BCUT2D eigenvalue weighted by molar-refractivity contribution is 0.660. The highest BCUT2D eigenvalue weighted by Crippen LogP contribution is 2.49. The summed E-state index contributed by atoms with van der Waals surface area (Å²) in [5.41, 5.74) is 13.8. The van der Waals surface area contributed by atoms with Gasteiger partial charge in [-0.3, -0.25) is 5.41 Å². The number of benzene rings is 5. The van der Waals surface area contributed by atoms with Crippen molar-refractivity contribution in [1.82, 2.24) is 5.32 Å². The second-order valence-corrected chi connectivity index (χ2v) is 11.1. The number of nitrogens with one attached hydrogen (secondary N) is 2. The van der Waals surface area contributed by atoms with Crippen LogP contribution in [0.1, 0.15) is 52.8 Å². The molecule has 0 aromatic heterocycles. The van der Waals surface area contributed by atoms with Crippen molar-refractivity contribution in [1.29, 1.82) is 5.41 Å². The minimum Gasteiger partial charge on any atom is -0.354 e. The normalized spacial score (nSPS) is 15.7. The summed E-state index contributed by atoms with van der Waals surface area (Å²) < 4.78 is 0. The van der Waals surface area contributed by atoms with Gasteiger partial charge in [0.15, 0.2) is 0 Å². The fourth-order valence-corrected chi connectivity index (χ4v) is 6.24. The van der Waals surface area contributed by atoms with Gasteiger partial charge in [0.1, 0.15) is 0 Å². The summed E-state index contributed by atoms with van der Waals surface area (Å²) in [6.45, 7) is 4.61. The molecule has 0 saturated carbocycles. The van der Waals surface area contributed by atoms with Crippen LogP contribution in [-0.4, -0.2) is 5.71 Å². The molecule has 0 atom stereocenters. The lowest BCUT2D eigenvalue weighted by Crippen LogP contribution is -2.21. The van der Waals surface area contributed by atoms with E-state index in [4.69, 9.17) is 0 Å². The summed E-state index contributed by atoms with van der Waals surface area (Å²) in [5, 5.41) is 13.4. The Balaban J connectivity index is 1.49. The Morgan fingerprint density at radius 1 is 0.600 bits per heavy atom. The molecular formula is C38H30N2. The zero-order valence-electron chi connectivity index (χ0n) is 22.7. The number of fused-ring (bicyclic) bond motifs is 4. The van der Waals surface area contributed by atoms with Crippen LogP contribution in [-0.2, 0) is 5.41 Å². The molecule has 0 radical (unpaired) electrons. The first-order valence-electron chi connectivity index (χ1n) is 13.8. The highest BCUT2D eigenvalue weighted by atomic mass is 14.9. The van der Waals surface area contributed by atoms with Crippen LogP contribution in [0.2, 0.25) is 0 Å². The van der Waals surface area contributed by atoms with Crippen LogP contribution in [0.4, 0.5) is 0 Å². The molecule has 2 aliphatic rings. The number of allylic oxidation sites excluding steroid dienone is 1. The van der Waals surface area contributed by atoms with Crippen LogP contribution in [0.5, 0.6) is 0 Å². The predicted molar refractivity (Wildman–Crippen MR) is 168 cm³/mol. The Morgan fingerprint density at radius 2 is 1.23 bits per heavy atom. The van der Waals surface area contributed by atoms with E-state index in [1.807, 2.05) is 36.4 Å². The van der Waals surface area contributed by atoms with Crippen molar-refractivity contribution in [2.75, 3.05) is 0 Å². The summed E-state index contributed by atoms with van der Waals surface area (Å²) in [6.07, 6.45) is 2.21. The maximum Gasteiger partial charge on any atom is 0.0711 e. The van der Waals surface area contributed by atoms with E-state index >= 15 is 0 Å². The van der Waals surface area contributed by atoms with E-state index in [1.165, 1.54) is 22.3 Å². The summed E-state index contributed by atoms with van der Waals surface area (Å²) in [7, 11) is 0. The summed E-state index contributed by atoms with van der Waals surface area (Å²) >= 11 is 0. The van der Waals surface area contributed by atoms with E-state index in [2.05, 4.69) is 116 Å². The number of hydrogen-bond acceptors (Lipinski definition) is 2. The van der Waals surface area contributed by atoms with Crippen LogP contribution in [0.25, 0.3) is 34.2 Å². The van der Waals surface area contributed by atoms with Gasteiger partial charge in [-0.25, -0.2) is 0 Å². The van der Waals surface area contributed by atoms with Crippen LogP contribution >= 0.6 is 0 Å². The van der Waals surface area contributed by atoms with Gasteiger partial charge in [-0.05, 0) is 51.1 Å². The van der Waals surface area contributed by atoms with Crippen molar-refractivity contribution >= 4 is 28.8 Å². The molecule has 2 nitrogen and oxygen atoms in total. The van der Waals surface area contributed by atoms with Crippen molar-refractivity contribution in [3.63, 3.8) is 0 Å². The van der Waals surface area contributed by atoms with Gasteiger partial charge in [-0.2, -0.15) is 0 Å². The van der Waals surface area contributed by atoms with E-state index in [0.717, 1.165) is 44.8 Å². The maximum absolute atomic E-state index is 9.58. The van der Waals surface area contributed by atoms with E-state index < -0.39 is 0 Å². The van der Waals surface area contributed by atoms with Crippen LogP contribution in [0.3, 0.4) is 0 Å². The molecule has 0 unspecified atom stereocenters. The third-order valence-corrected chi connectivity index (χ3v) is 8.31. The van der Waals surface area contributed by atoms with Crippen LogP contribution in [0.15, 0.2) is 127 Å². The van der Waals surface area contributed by atoms with Crippen LogP contribution in [0, 0.1) is 5.41 Å². The molecule has 1 aliphatic carbocycles. The Morgan fingerprint density at radius 3 is 2.00 bits per heavy atom. The van der Waals surface area contributed by atoms with E-state index in [-0.39, 0.29) is 5.41 Å². The highest BCUT2D eigenvalue weighted by Gasteiger charge is 2.36. The van der Waals surface area contributed by atoms with E-state index in [0.29, 0.717) is 5.71 Å². The lowest BCUT2D eigenvalue weighted by Gasteiger charge is -2.27. The molecule has 7 rings (SSSR count). The Bertz CT molecular complexity index is 1840. The highest BCUT2D eigenvalue weighted by molar-refractivity contribution is 6.36. The first-order valence-corrected chi connectivity index (χ1v) is 13.8. The zero-order chi connectivity index (χ0) is 27.3. The van der Waals surface area contributed by atoms with Crippen molar-refractivity contribution < 1.29 is 0 Å². The molecule has 2 heteroatoms. The van der Waals surface area contributed by atoms with Gasteiger partial charge >= 0.3 is 0 Å². The van der Waals surface area contributed by atoms with Crippen molar-refractivity contribution in [2.45, 2.75) is 19.3 Å². The summed E-state index contributed by atoms with van der Waals surface area (Å²) in [6, 6.07) is 44.5.